The summed E-state index contributed by atoms with van der Waals surface area (Å²) in [5.74, 6) is -0.568. The summed E-state index contributed by atoms with van der Waals surface area (Å²) in [6.45, 7) is 2.33. The van der Waals surface area contributed by atoms with Gasteiger partial charge in [-0.05, 0) is 60.4 Å². The Hall–Kier alpha value is -4.89. The maximum atomic E-state index is 13.0. The maximum Gasteiger partial charge on any atom is 0.311 e. The highest BCUT2D eigenvalue weighted by Gasteiger charge is 2.29. The third-order valence-corrected chi connectivity index (χ3v) is 6.62. The van der Waals surface area contributed by atoms with Crippen molar-refractivity contribution in [2.24, 2.45) is 0 Å². The first-order chi connectivity index (χ1) is 18.4. The van der Waals surface area contributed by atoms with Crippen LogP contribution in [-0.4, -0.2) is 23.5 Å². The molecule has 1 unspecified atom stereocenters. The minimum absolute atomic E-state index is 0.0162. The molecule has 0 spiro atoms. The van der Waals surface area contributed by atoms with E-state index < -0.39 is 11.9 Å². The number of hydrogen-bond donors (Lipinski definition) is 1. The molecule has 4 aromatic rings. The number of hydrogen-bond acceptors (Lipinski definition) is 5. The minimum atomic E-state index is -0.950. The molecular weight excluding hydrogens is 478 g/mol. The van der Waals surface area contributed by atoms with Crippen LogP contribution in [0.25, 0.3) is 11.1 Å². The summed E-state index contributed by atoms with van der Waals surface area (Å²) in [5.41, 5.74) is 5.54. The second-order valence-corrected chi connectivity index (χ2v) is 9.32. The first kappa shape index (κ1) is 24.8. The number of carboxylic acid groups (broad SMARTS) is 1. The van der Waals surface area contributed by atoms with E-state index in [1.807, 2.05) is 30.3 Å². The van der Waals surface area contributed by atoms with Crippen molar-refractivity contribution in [2.45, 2.75) is 25.7 Å². The molecule has 0 saturated carbocycles. The van der Waals surface area contributed by atoms with E-state index >= 15 is 0 Å². The minimum Gasteiger partial charge on any atom is -0.493 e. The number of fused-ring (bicyclic) bond motifs is 1. The van der Waals surface area contributed by atoms with Crippen LogP contribution in [0.5, 0.6) is 17.2 Å². The Balaban J connectivity index is 1.31. The number of nitriles is 1. The van der Waals surface area contributed by atoms with Gasteiger partial charge in [0.1, 0.15) is 23.3 Å². The lowest BCUT2D eigenvalue weighted by Gasteiger charge is -2.24. The van der Waals surface area contributed by atoms with Gasteiger partial charge in [0.2, 0.25) is 0 Å². The number of aryl methyl sites for hydroxylation is 1. The number of carbonyl (C=O) groups excluding carboxylic acids is 1. The van der Waals surface area contributed by atoms with Crippen LogP contribution in [0.3, 0.4) is 0 Å². The highest BCUT2D eigenvalue weighted by Crippen LogP contribution is 2.39. The lowest BCUT2D eigenvalue weighted by atomic mass is 9.91. The zero-order chi connectivity index (χ0) is 26.6. The van der Waals surface area contributed by atoms with Gasteiger partial charge in [0.25, 0.3) is 0 Å². The van der Waals surface area contributed by atoms with E-state index in [-0.39, 0.29) is 30.1 Å². The third kappa shape index (κ3) is 5.28. The molecule has 0 saturated heterocycles. The highest BCUT2D eigenvalue weighted by molar-refractivity contribution is 5.97. The largest absolute Gasteiger partial charge is 0.493 e. The van der Waals surface area contributed by atoms with Gasteiger partial charge < -0.3 is 14.6 Å². The van der Waals surface area contributed by atoms with Crippen molar-refractivity contribution in [2.75, 3.05) is 6.61 Å². The second-order valence-electron chi connectivity index (χ2n) is 9.32. The molecule has 5 rings (SSSR count). The van der Waals surface area contributed by atoms with Gasteiger partial charge in [0.15, 0.2) is 5.78 Å². The monoisotopic (exact) mass is 503 g/mol. The Kier molecular flexibility index (Phi) is 6.92. The normalized spacial score (nSPS) is 14.1. The van der Waals surface area contributed by atoms with Gasteiger partial charge in [-0.1, -0.05) is 54.1 Å². The molecule has 1 N–H and O–H groups in total. The molecule has 1 atom stereocenters. The number of ether oxygens (including phenoxy) is 2. The molecule has 6 nitrogen and oxygen atoms in total. The SMILES string of the molecule is Cc1cccc(-c2cccc(CC(=O)c3ccc(Oc4cc5c(cc4C#N)C(C(=O)O)CCO5)cc3)c2)c1. The molecule has 1 heterocycles. The number of ketones is 1. The van der Waals surface area contributed by atoms with Gasteiger partial charge in [-0.15, -0.1) is 0 Å². The lowest BCUT2D eigenvalue weighted by Crippen LogP contribution is -2.21. The molecule has 1 aliphatic rings. The molecule has 0 amide bonds. The van der Waals surface area contributed by atoms with Gasteiger partial charge in [0.05, 0.1) is 18.1 Å². The van der Waals surface area contributed by atoms with E-state index in [1.54, 1.807) is 30.3 Å². The molecule has 6 heteroatoms. The molecular formula is C32H25NO5. The number of carbonyl (C=O) groups is 2. The Morgan fingerprint density at radius 1 is 1.00 bits per heavy atom. The molecule has 4 aromatic carbocycles. The van der Waals surface area contributed by atoms with Crippen LogP contribution in [0.15, 0.2) is 84.9 Å². The number of benzene rings is 4. The van der Waals surface area contributed by atoms with Crippen molar-refractivity contribution >= 4 is 11.8 Å². The maximum absolute atomic E-state index is 13.0. The Morgan fingerprint density at radius 3 is 2.45 bits per heavy atom. The molecule has 0 aliphatic carbocycles. The van der Waals surface area contributed by atoms with Crippen LogP contribution in [0.4, 0.5) is 0 Å². The highest BCUT2D eigenvalue weighted by atomic mass is 16.5. The van der Waals surface area contributed by atoms with Gasteiger partial charge in [0, 0.05) is 23.6 Å². The van der Waals surface area contributed by atoms with Crippen LogP contribution >= 0.6 is 0 Å². The predicted octanol–water partition coefficient (Wildman–Crippen LogP) is 6.70. The summed E-state index contributed by atoms with van der Waals surface area (Å²) < 4.78 is 11.6. The zero-order valence-corrected chi connectivity index (χ0v) is 20.8. The van der Waals surface area contributed by atoms with E-state index in [4.69, 9.17) is 9.47 Å². The Bertz CT molecular complexity index is 1570. The second kappa shape index (κ2) is 10.6. The van der Waals surface area contributed by atoms with Crippen LogP contribution in [-0.2, 0) is 11.2 Å². The summed E-state index contributed by atoms with van der Waals surface area (Å²) in [5, 5.41) is 19.1. The van der Waals surface area contributed by atoms with Crippen molar-refractivity contribution in [1.82, 2.24) is 0 Å². The fourth-order valence-corrected chi connectivity index (χ4v) is 4.65. The van der Waals surface area contributed by atoms with Crippen molar-refractivity contribution in [1.29, 1.82) is 5.26 Å². The number of aliphatic carboxylic acids is 1. The van der Waals surface area contributed by atoms with Crippen molar-refractivity contribution < 1.29 is 24.2 Å². The van der Waals surface area contributed by atoms with E-state index in [0.29, 0.717) is 29.0 Å². The smallest absolute Gasteiger partial charge is 0.311 e. The predicted molar refractivity (Wildman–Crippen MR) is 143 cm³/mol. The summed E-state index contributed by atoms with van der Waals surface area (Å²) >= 11 is 0. The van der Waals surface area contributed by atoms with Crippen molar-refractivity contribution in [3.8, 4) is 34.4 Å². The van der Waals surface area contributed by atoms with Crippen LogP contribution in [0.1, 0.15) is 45.0 Å². The molecule has 0 radical (unpaired) electrons. The lowest BCUT2D eigenvalue weighted by molar-refractivity contribution is -0.139. The summed E-state index contributed by atoms with van der Waals surface area (Å²) in [7, 11) is 0. The van der Waals surface area contributed by atoms with E-state index in [2.05, 4.69) is 31.2 Å². The molecule has 188 valence electrons. The number of nitrogens with zero attached hydrogens (tertiary/aromatic N) is 1. The summed E-state index contributed by atoms with van der Waals surface area (Å²) in [4.78, 5) is 24.6. The standard InChI is InChI=1S/C32H25NO5/c1-20-4-2-6-23(14-20)24-7-3-5-21(15-24)16-29(34)22-8-10-26(11-9-22)38-30-18-31-28(17-25(30)19-33)27(32(35)36)12-13-37-31/h2-11,14-15,17-18,27H,12-13,16H2,1H3,(H,35,36). The zero-order valence-electron chi connectivity index (χ0n) is 20.8. The van der Waals surface area contributed by atoms with Gasteiger partial charge >= 0.3 is 5.97 Å². The quantitative estimate of drug-likeness (QED) is 0.282. The van der Waals surface area contributed by atoms with Crippen LogP contribution in [0, 0.1) is 18.3 Å². The fourth-order valence-electron chi connectivity index (χ4n) is 4.65. The first-order valence-corrected chi connectivity index (χ1v) is 12.3. The fraction of sp³-hybridized carbons (Fsp3) is 0.156. The van der Waals surface area contributed by atoms with Gasteiger partial charge in [-0.25, -0.2) is 0 Å². The van der Waals surface area contributed by atoms with Crippen molar-refractivity contribution in [3.63, 3.8) is 0 Å². The number of Topliss-reactive ketones (excluding diaryl/α,β-unsaturated/α-hetero) is 1. The number of carboxylic acids is 1. The molecule has 38 heavy (non-hydrogen) atoms. The van der Waals surface area contributed by atoms with E-state index in [1.165, 1.54) is 11.6 Å². The third-order valence-electron chi connectivity index (χ3n) is 6.62. The van der Waals surface area contributed by atoms with Crippen LogP contribution in [0.2, 0.25) is 0 Å². The average molecular weight is 504 g/mol. The van der Waals surface area contributed by atoms with Gasteiger partial charge in [-0.2, -0.15) is 5.26 Å². The topological polar surface area (TPSA) is 96.6 Å². The van der Waals surface area contributed by atoms with E-state index in [0.717, 1.165) is 16.7 Å². The Labute approximate surface area is 220 Å². The van der Waals surface area contributed by atoms with Crippen LogP contribution < -0.4 is 9.47 Å². The molecule has 0 bridgehead atoms. The number of rotatable bonds is 7. The van der Waals surface area contributed by atoms with E-state index in [9.17, 15) is 20.0 Å². The van der Waals surface area contributed by atoms with Gasteiger partial charge in [-0.3, -0.25) is 9.59 Å². The molecule has 1 aliphatic heterocycles. The molecule has 0 fully saturated rings. The molecule has 0 aromatic heterocycles. The first-order valence-electron chi connectivity index (χ1n) is 12.3. The van der Waals surface area contributed by atoms with Crippen molar-refractivity contribution in [3.05, 3.63) is 113 Å². The summed E-state index contributed by atoms with van der Waals surface area (Å²) in [6.07, 6.45) is 0.616. The summed E-state index contributed by atoms with van der Waals surface area (Å²) in [6, 6.07) is 28.2. The average Bonchev–Trinajstić information content (AvgIpc) is 2.92. The Morgan fingerprint density at radius 2 is 1.74 bits per heavy atom.